The largest absolute Gasteiger partial charge is 0.443 e. The summed E-state index contributed by atoms with van der Waals surface area (Å²) < 4.78 is 10.3. The highest BCUT2D eigenvalue weighted by Crippen LogP contribution is 2.35. The Labute approximate surface area is 186 Å². The Morgan fingerprint density at radius 2 is 1.56 bits per heavy atom. The minimum atomic E-state index is 0.791. The van der Waals surface area contributed by atoms with Crippen molar-refractivity contribution in [1.29, 1.82) is 0 Å². The van der Waals surface area contributed by atoms with E-state index in [2.05, 4.69) is 119 Å². The lowest BCUT2D eigenvalue weighted by molar-refractivity contribution is -0.633. The van der Waals surface area contributed by atoms with E-state index < -0.39 is 0 Å². The number of aromatic nitrogens is 3. The SMILES string of the molecule is Cc1cc2ncoc2cc1-c1n(-c2ccccc2-c2ccccc2)c2ccccc2[n+]1C. The van der Waals surface area contributed by atoms with E-state index in [9.17, 15) is 0 Å². The summed E-state index contributed by atoms with van der Waals surface area (Å²) in [5, 5.41) is 0. The summed E-state index contributed by atoms with van der Waals surface area (Å²) in [6.45, 7) is 2.13. The topological polar surface area (TPSA) is 34.8 Å². The number of nitrogens with zero attached hydrogens (tertiary/aromatic N) is 3. The first-order valence-electron chi connectivity index (χ1n) is 10.7. The van der Waals surface area contributed by atoms with Crippen molar-refractivity contribution in [1.82, 2.24) is 9.55 Å². The van der Waals surface area contributed by atoms with Gasteiger partial charge in [0, 0.05) is 5.56 Å². The molecule has 0 saturated carbocycles. The molecule has 0 saturated heterocycles. The van der Waals surface area contributed by atoms with Gasteiger partial charge < -0.3 is 4.42 Å². The van der Waals surface area contributed by atoms with Crippen LogP contribution >= 0.6 is 0 Å². The first kappa shape index (κ1) is 18.6. The fraction of sp³-hybridized carbons (Fsp3) is 0.0714. The van der Waals surface area contributed by atoms with Gasteiger partial charge in [-0.1, -0.05) is 60.7 Å². The number of aryl methyl sites for hydroxylation is 2. The molecule has 2 aromatic heterocycles. The Morgan fingerprint density at radius 3 is 2.44 bits per heavy atom. The Morgan fingerprint density at radius 1 is 0.812 bits per heavy atom. The van der Waals surface area contributed by atoms with Crippen LogP contribution in [0.25, 0.3) is 50.3 Å². The van der Waals surface area contributed by atoms with E-state index in [-0.39, 0.29) is 0 Å². The van der Waals surface area contributed by atoms with Gasteiger partial charge in [0.2, 0.25) is 0 Å². The normalized spacial score (nSPS) is 11.4. The number of oxazole rings is 1. The fourth-order valence-corrected chi connectivity index (χ4v) is 4.64. The second-order valence-corrected chi connectivity index (χ2v) is 8.08. The lowest BCUT2D eigenvalue weighted by Gasteiger charge is -2.11. The van der Waals surface area contributed by atoms with Crippen molar-refractivity contribution in [3.8, 4) is 28.2 Å². The number of rotatable bonds is 3. The van der Waals surface area contributed by atoms with Crippen LogP contribution in [0.4, 0.5) is 0 Å². The second-order valence-electron chi connectivity index (χ2n) is 8.08. The van der Waals surface area contributed by atoms with Gasteiger partial charge in [0.15, 0.2) is 23.0 Å². The van der Waals surface area contributed by atoms with Crippen LogP contribution in [0.15, 0.2) is 102 Å². The van der Waals surface area contributed by atoms with Crippen LogP contribution in [0.3, 0.4) is 0 Å². The lowest BCUT2D eigenvalue weighted by atomic mass is 10.0. The molecule has 0 aliphatic carbocycles. The molecule has 0 aliphatic heterocycles. The van der Waals surface area contributed by atoms with E-state index in [1.54, 1.807) is 0 Å². The van der Waals surface area contributed by atoms with Crippen LogP contribution in [0, 0.1) is 6.92 Å². The molecular weight excluding hydrogens is 394 g/mol. The van der Waals surface area contributed by atoms with Gasteiger partial charge in [-0.25, -0.2) is 9.55 Å². The van der Waals surface area contributed by atoms with Crippen LogP contribution in [0.1, 0.15) is 5.56 Å². The van der Waals surface area contributed by atoms with Crippen LogP contribution < -0.4 is 4.57 Å². The molecule has 0 unspecified atom stereocenters. The zero-order valence-corrected chi connectivity index (χ0v) is 18.0. The number of benzene rings is 4. The van der Waals surface area contributed by atoms with Gasteiger partial charge in [-0.15, -0.1) is 0 Å². The third-order valence-electron chi connectivity index (χ3n) is 6.16. The number of hydrogen-bond acceptors (Lipinski definition) is 2. The summed E-state index contributed by atoms with van der Waals surface area (Å²) in [5.74, 6) is 1.10. The first-order chi connectivity index (χ1) is 15.7. The molecule has 0 amide bonds. The molecular formula is C28H22N3O+. The molecule has 0 fully saturated rings. The predicted molar refractivity (Wildman–Crippen MR) is 128 cm³/mol. The predicted octanol–water partition coefficient (Wildman–Crippen LogP) is 6.24. The van der Waals surface area contributed by atoms with Crippen LogP contribution in [0.2, 0.25) is 0 Å². The molecule has 0 N–H and O–H groups in total. The highest BCUT2D eigenvalue weighted by atomic mass is 16.3. The van der Waals surface area contributed by atoms with E-state index in [4.69, 9.17) is 4.42 Å². The number of para-hydroxylation sites is 3. The monoisotopic (exact) mass is 416 g/mol. The van der Waals surface area contributed by atoms with E-state index in [0.29, 0.717) is 0 Å². The van der Waals surface area contributed by atoms with Gasteiger partial charge in [-0.2, -0.15) is 4.57 Å². The Kier molecular flexibility index (Phi) is 4.18. The van der Waals surface area contributed by atoms with Gasteiger partial charge in [0.1, 0.15) is 11.2 Å². The molecule has 0 atom stereocenters. The summed E-state index contributed by atoms with van der Waals surface area (Å²) >= 11 is 0. The number of imidazole rings is 1. The Bertz CT molecular complexity index is 1590. The first-order valence-corrected chi connectivity index (χ1v) is 10.7. The van der Waals surface area contributed by atoms with Crippen LogP contribution in [0.5, 0.6) is 0 Å². The highest BCUT2D eigenvalue weighted by Gasteiger charge is 2.29. The maximum absolute atomic E-state index is 5.66. The van der Waals surface area contributed by atoms with Crippen molar-refractivity contribution in [3.63, 3.8) is 0 Å². The Balaban J connectivity index is 1.74. The van der Waals surface area contributed by atoms with Gasteiger partial charge in [0.05, 0.1) is 12.6 Å². The van der Waals surface area contributed by atoms with Crippen LogP contribution in [-0.4, -0.2) is 9.55 Å². The minimum Gasteiger partial charge on any atom is -0.443 e. The molecule has 4 aromatic carbocycles. The minimum absolute atomic E-state index is 0.791. The van der Waals surface area contributed by atoms with Gasteiger partial charge in [0.25, 0.3) is 5.82 Å². The number of fused-ring (bicyclic) bond motifs is 2. The van der Waals surface area contributed by atoms with E-state index in [1.165, 1.54) is 23.0 Å². The van der Waals surface area contributed by atoms with Crippen molar-refractivity contribution in [3.05, 3.63) is 103 Å². The molecule has 0 spiro atoms. The maximum Gasteiger partial charge on any atom is 0.295 e. The molecule has 6 aromatic rings. The smallest absolute Gasteiger partial charge is 0.295 e. The zero-order valence-electron chi connectivity index (χ0n) is 18.0. The third kappa shape index (κ3) is 2.77. The Hall–Kier alpha value is -4.18. The molecule has 0 bridgehead atoms. The average molecular weight is 417 g/mol. The van der Waals surface area contributed by atoms with Gasteiger partial charge in [-0.3, -0.25) is 0 Å². The molecule has 0 radical (unpaired) electrons. The van der Waals surface area contributed by atoms with Crippen molar-refractivity contribution < 1.29 is 8.98 Å². The van der Waals surface area contributed by atoms with Gasteiger partial charge >= 0.3 is 0 Å². The third-order valence-corrected chi connectivity index (χ3v) is 6.16. The average Bonchev–Trinajstić information content (AvgIpc) is 3.41. The van der Waals surface area contributed by atoms with E-state index >= 15 is 0 Å². The molecule has 4 nitrogen and oxygen atoms in total. The molecule has 6 rings (SSSR count). The molecule has 154 valence electrons. The van der Waals surface area contributed by atoms with E-state index in [1.807, 2.05) is 0 Å². The van der Waals surface area contributed by atoms with Crippen molar-refractivity contribution >= 4 is 22.1 Å². The lowest BCUT2D eigenvalue weighted by Crippen LogP contribution is -2.30. The molecule has 4 heteroatoms. The summed E-state index contributed by atoms with van der Waals surface area (Å²) in [7, 11) is 2.13. The van der Waals surface area contributed by atoms with Crippen LogP contribution in [-0.2, 0) is 7.05 Å². The molecule has 0 aliphatic rings. The molecule has 2 heterocycles. The molecule has 32 heavy (non-hydrogen) atoms. The summed E-state index contributed by atoms with van der Waals surface area (Å²) in [6.07, 6.45) is 1.51. The summed E-state index contributed by atoms with van der Waals surface area (Å²) in [5.41, 5.74) is 9.79. The van der Waals surface area contributed by atoms with E-state index in [0.717, 1.165) is 39.3 Å². The van der Waals surface area contributed by atoms with Crippen molar-refractivity contribution in [2.75, 3.05) is 0 Å². The summed E-state index contributed by atoms with van der Waals surface area (Å²) in [6, 6.07) is 31.9. The van der Waals surface area contributed by atoms with Crippen molar-refractivity contribution in [2.24, 2.45) is 7.05 Å². The number of hydrogen-bond donors (Lipinski definition) is 0. The van der Waals surface area contributed by atoms with Crippen molar-refractivity contribution in [2.45, 2.75) is 6.92 Å². The van der Waals surface area contributed by atoms with Gasteiger partial charge in [-0.05, 0) is 48.4 Å². The zero-order chi connectivity index (χ0) is 21.7. The fourth-order valence-electron chi connectivity index (χ4n) is 4.64. The quantitative estimate of drug-likeness (QED) is 0.320. The second kappa shape index (κ2) is 7.20. The summed E-state index contributed by atoms with van der Waals surface area (Å²) in [4.78, 5) is 4.33. The maximum atomic E-state index is 5.66. The highest BCUT2D eigenvalue weighted by molar-refractivity contribution is 5.86. The standard InChI is InChI=1S/C28H22N3O/c1-19-16-23-27(32-18-29-23)17-22(19)28-30(2)25-14-8-9-15-26(25)31(28)24-13-7-6-12-21(24)20-10-4-3-5-11-20/h3-18H,1-2H3/q+1.